The van der Waals surface area contributed by atoms with Gasteiger partial charge in [0.25, 0.3) is 5.91 Å². The Morgan fingerprint density at radius 2 is 1.96 bits per heavy atom. The summed E-state index contributed by atoms with van der Waals surface area (Å²) in [4.78, 5) is 14.1. The summed E-state index contributed by atoms with van der Waals surface area (Å²) in [6.07, 6.45) is 2.77. The van der Waals surface area contributed by atoms with Gasteiger partial charge in [0.15, 0.2) is 0 Å². The van der Waals surface area contributed by atoms with Gasteiger partial charge in [-0.1, -0.05) is 39.0 Å². The highest BCUT2D eigenvalue weighted by molar-refractivity contribution is 7.16. The van der Waals surface area contributed by atoms with Crippen LogP contribution in [0.15, 0.2) is 24.3 Å². The molecule has 3 N–H and O–H groups in total. The lowest BCUT2D eigenvalue weighted by Gasteiger charge is -2.34. The number of amides is 1. The van der Waals surface area contributed by atoms with E-state index in [1.807, 2.05) is 12.1 Å². The van der Waals surface area contributed by atoms with Crippen LogP contribution in [0.3, 0.4) is 0 Å². The van der Waals surface area contributed by atoms with Gasteiger partial charge < -0.3 is 15.7 Å². The first-order valence-electron chi connectivity index (χ1n) is 8.84. The van der Waals surface area contributed by atoms with E-state index in [2.05, 4.69) is 31.4 Å². The van der Waals surface area contributed by atoms with Gasteiger partial charge in [-0.05, 0) is 42.2 Å². The van der Waals surface area contributed by atoms with E-state index in [1.54, 1.807) is 23.5 Å². The molecule has 0 saturated heterocycles. The zero-order chi connectivity index (χ0) is 17.8. The molecule has 2 aliphatic rings. The summed E-state index contributed by atoms with van der Waals surface area (Å²) in [5, 5.41) is 17.5. The number of rotatable bonds is 1. The molecular weight excluding hydrogens is 332 g/mol. The van der Waals surface area contributed by atoms with Crippen molar-refractivity contribution in [2.24, 2.45) is 11.3 Å². The fraction of sp³-hybridized carbons (Fsp3) is 0.450. The molecule has 0 fully saturated rings. The lowest BCUT2D eigenvalue weighted by molar-refractivity contribution is 0.0934. The lowest BCUT2D eigenvalue weighted by atomic mass is 9.72. The fourth-order valence-corrected chi connectivity index (χ4v) is 5.28. The topological polar surface area (TPSA) is 61.4 Å². The SMILES string of the molecule is CC(C)(C)[C@@H]1CCc2c(sc3c2C(=O)N[C@H](c2ccccc2O)N3)C1. The van der Waals surface area contributed by atoms with Crippen molar-refractivity contribution in [3.8, 4) is 5.75 Å². The Kier molecular flexibility index (Phi) is 3.80. The molecule has 2 heterocycles. The van der Waals surface area contributed by atoms with Gasteiger partial charge in [0, 0.05) is 10.4 Å². The number of fused-ring (bicyclic) bond motifs is 3. The second-order valence-corrected chi connectivity index (χ2v) is 9.23. The Morgan fingerprint density at radius 3 is 2.68 bits per heavy atom. The lowest BCUT2D eigenvalue weighted by Crippen LogP contribution is -2.38. The molecule has 1 aliphatic carbocycles. The van der Waals surface area contributed by atoms with Crippen LogP contribution in [0.4, 0.5) is 5.00 Å². The molecule has 2 aromatic rings. The molecule has 0 saturated carbocycles. The number of benzene rings is 1. The molecule has 5 heteroatoms. The van der Waals surface area contributed by atoms with Crippen LogP contribution < -0.4 is 10.6 Å². The molecule has 4 nitrogen and oxygen atoms in total. The van der Waals surface area contributed by atoms with Gasteiger partial charge in [0.1, 0.15) is 16.9 Å². The van der Waals surface area contributed by atoms with E-state index in [0.717, 1.165) is 29.8 Å². The normalized spacial score (nSPS) is 22.6. The Bertz CT molecular complexity index is 835. The second kappa shape index (κ2) is 5.77. The van der Waals surface area contributed by atoms with Crippen LogP contribution in [0, 0.1) is 11.3 Å². The maximum absolute atomic E-state index is 12.8. The van der Waals surface area contributed by atoms with Crippen molar-refractivity contribution in [3.05, 3.63) is 45.8 Å². The predicted octanol–water partition coefficient (Wildman–Crippen LogP) is 4.46. The van der Waals surface area contributed by atoms with E-state index < -0.39 is 0 Å². The first-order valence-corrected chi connectivity index (χ1v) is 9.66. The Balaban J connectivity index is 1.67. The molecule has 4 rings (SSSR count). The number of hydrogen-bond acceptors (Lipinski definition) is 4. The van der Waals surface area contributed by atoms with Crippen LogP contribution >= 0.6 is 11.3 Å². The molecule has 25 heavy (non-hydrogen) atoms. The van der Waals surface area contributed by atoms with Crippen molar-refractivity contribution < 1.29 is 9.90 Å². The summed E-state index contributed by atoms with van der Waals surface area (Å²) in [6, 6.07) is 7.13. The molecule has 0 spiro atoms. The summed E-state index contributed by atoms with van der Waals surface area (Å²) < 4.78 is 0. The minimum Gasteiger partial charge on any atom is -0.508 e. The van der Waals surface area contributed by atoms with Crippen molar-refractivity contribution in [2.45, 2.75) is 46.2 Å². The third-order valence-electron chi connectivity index (χ3n) is 5.52. The maximum Gasteiger partial charge on any atom is 0.256 e. The average molecular weight is 356 g/mol. The van der Waals surface area contributed by atoms with Crippen LogP contribution in [0.2, 0.25) is 0 Å². The van der Waals surface area contributed by atoms with Crippen molar-refractivity contribution in [2.75, 3.05) is 5.32 Å². The Labute approximate surface area is 152 Å². The number of nitrogens with one attached hydrogen (secondary N) is 2. The molecule has 0 bridgehead atoms. The van der Waals surface area contributed by atoms with E-state index in [9.17, 15) is 9.90 Å². The van der Waals surface area contributed by atoms with Gasteiger partial charge in [-0.15, -0.1) is 11.3 Å². The number of carbonyl (C=O) groups excluding carboxylic acids is 1. The third-order valence-corrected chi connectivity index (χ3v) is 6.70. The molecule has 2 atom stereocenters. The van der Waals surface area contributed by atoms with E-state index in [-0.39, 0.29) is 23.2 Å². The van der Waals surface area contributed by atoms with E-state index in [0.29, 0.717) is 11.5 Å². The molecule has 132 valence electrons. The third kappa shape index (κ3) is 2.80. The number of para-hydroxylation sites is 1. The van der Waals surface area contributed by atoms with Gasteiger partial charge in [-0.25, -0.2) is 0 Å². The van der Waals surface area contributed by atoms with Gasteiger partial charge >= 0.3 is 0 Å². The summed E-state index contributed by atoms with van der Waals surface area (Å²) in [6.45, 7) is 6.90. The first kappa shape index (κ1) is 16.5. The highest BCUT2D eigenvalue weighted by Crippen LogP contribution is 2.46. The van der Waals surface area contributed by atoms with Crippen molar-refractivity contribution in [1.82, 2.24) is 5.32 Å². The summed E-state index contributed by atoms with van der Waals surface area (Å²) in [5.41, 5.74) is 3.02. The van der Waals surface area contributed by atoms with Crippen LogP contribution in [0.5, 0.6) is 5.75 Å². The zero-order valence-electron chi connectivity index (χ0n) is 14.8. The molecular formula is C20H24N2O2S. The minimum atomic E-state index is -0.389. The number of aromatic hydroxyl groups is 1. The maximum atomic E-state index is 12.8. The zero-order valence-corrected chi connectivity index (χ0v) is 15.7. The monoisotopic (exact) mass is 356 g/mol. The fourth-order valence-electron chi connectivity index (χ4n) is 3.92. The number of hydrogen-bond donors (Lipinski definition) is 3. The molecule has 1 aromatic heterocycles. The van der Waals surface area contributed by atoms with Gasteiger partial charge in [0.05, 0.1) is 5.56 Å². The van der Waals surface area contributed by atoms with Crippen LogP contribution in [-0.4, -0.2) is 11.0 Å². The summed E-state index contributed by atoms with van der Waals surface area (Å²) in [5.74, 6) is 0.809. The van der Waals surface area contributed by atoms with Gasteiger partial charge in [-0.2, -0.15) is 0 Å². The van der Waals surface area contributed by atoms with Crippen LogP contribution in [0.1, 0.15) is 59.7 Å². The number of thiophene rings is 1. The number of phenols is 1. The Morgan fingerprint density at radius 1 is 1.20 bits per heavy atom. The first-order chi connectivity index (χ1) is 11.8. The van der Waals surface area contributed by atoms with Crippen molar-refractivity contribution in [1.29, 1.82) is 0 Å². The second-order valence-electron chi connectivity index (χ2n) is 8.12. The van der Waals surface area contributed by atoms with E-state index in [1.165, 1.54) is 10.4 Å². The smallest absolute Gasteiger partial charge is 0.256 e. The molecule has 1 amide bonds. The quantitative estimate of drug-likeness (QED) is 0.707. The molecule has 0 unspecified atom stereocenters. The highest BCUT2D eigenvalue weighted by Gasteiger charge is 2.36. The average Bonchev–Trinajstić information content (AvgIpc) is 2.92. The van der Waals surface area contributed by atoms with Crippen LogP contribution in [-0.2, 0) is 12.8 Å². The number of carbonyl (C=O) groups is 1. The van der Waals surface area contributed by atoms with Gasteiger partial charge in [0.2, 0.25) is 0 Å². The molecule has 0 radical (unpaired) electrons. The predicted molar refractivity (Wildman–Crippen MR) is 101 cm³/mol. The Hall–Kier alpha value is -2.01. The van der Waals surface area contributed by atoms with Crippen LogP contribution in [0.25, 0.3) is 0 Å². The summed E-state index contributed by atoms with van der Waals surface area (Å²) >= 11 is 1.71. The molecule has 1 aromatic carbocycles. The van der Waals surface area contributed by atoms with E-state index in [4.69, 9.17) is 0 Å². The number of anilines is 1. The largest absolute Gasteiger partial charge is 0.508 e. The van der Waals surface area contributed by atoms with Gasteiger partial charge in [-0.3, -0.25) is 4.79 Å². The minimum absolute atomic E-state index is 0.0336. The standard InChI is InChI=1S/C20H24N2O2S/c1-20(2,3)11-8-9-13-15(10-11)25-19-16(13)18(24)21-17(22-19)12-6-4-5-7-14(12)23/h4-7,11,17,22-23H,8-10H2,1-3H3,(H,21,24)/t11-,17+/m1/s1. The van der Waals surface area contributed by atoms with Crippen molar-refractivity contribution >= 4 is 22.2 Å². The van der Waals surface area contributed by atoms with Crippen molar-refractivity contribution in [3.63, 3.8) is 0 Å². The van der Waals surface area contributed by atoms with E-state index >= 15 is 0 Å². The molecule has 1 aliphatic heterocycles. The summed E-state index contributed by atoms with van der Waals surface area (Å²) in [7, 11) is 0. The number of phenolic OH excluding ortho intramolecular Hbond substituents is 1. The highest BCUT2D eigenvalue weighted by atomic mass is 32.1.